The SMILES string of the molecule is c1ccc2c(c1)Cc1nc3c4ccccc4c4ccccc4n3c1-2. The van der Waals surface area contributed by atoms with Crippen molar-refractivity contribution in [2.24, 2.45) is 0 Å². The number of para-hydroxylation sites is 1. The molecule has 5 aromatic rings. The van der Waals surface area contributed by atoms with Crippen molar-refractivity contribution >= 4 is 27.3 Å². The van der Waals surface area contributed by atoms with Crippen LogP contribution in [0, 0.1) is 0 Å². The zero-order valence-corrected chi connectivity index (χ0v) is 13.0. The lowest BCUT2D eigenvalue weighted by Crippen LogP contribution is -1.93. The van der Waals surface area contributed by atoms with Crippen molar-refractivity contribution in [3.63, 3.8) is 0 Å². The zero-order valence-electron chi connectivity index (χ0n) is 13.0. The Kier molecular flexibility index (Phi) is 2.17. The van der Waals surface area contributed by atoms with Gasteiger partial charge in [-0.2, -0.15) is 0 Å². The summed E-state index contributed by atoms with van der Waals surface area (Å²) in [6, 6.07) is 25.9. The molecule has 1 aliphatic carbocycles. The summed E-state index contributed by atoms with van der Waals surface area (Å²) in [5.41, 5.74) is 7.46. The number of rotatable bonds is 0. The smallest absolute Gasteiger partial charge is 0.145 e. The second-order valence-electron chi connectivity index (χ2n) is 6.46. The molecule has 0 radical (unpaired) electrons. The molecular weight excluding hydrogens is 292 g/mol. The number of hydrogen-bond donors (Lipinski definition) is 0. The summed E-state index contributed by atoms with van der Waals surface area (Å²) in [5.74, 6) is 0. The van der Waals surface area contributed by atoms with Gasteiger partial charge in [-0.3, -0.25) is 4.40 Å². The van der Waals surface area contributed by atoms with Crippen LogP contribution in [0.1, 0.15) is 11.3 Å². The van der Waals surface area contributed by atoms with Gasteiger partial charge in [-0.05, 0) is 17.0 Å². The molecule has 0 saturated carbocycles. The average Bonchev–Trinajstić information content (AvgIpc) is 3.18. The Hall–Kier alpha value is -3.13. The summed E-state index contributed by atoms with van der Waals surface area (Å²) < 4.78 is 2.36. The van der Waals surface area contributed by atoms with Crippen LogP contribution in [0.15, 0.2) is 72.8 Å². The van der Waals surface area contributed by atoms with Crippen molar-refractivity contribution in [3.8, 4) is 11.3 Å². The Bertz CT molecular complexity index is 1280. The molecule has 0 fully saturated rings. The first kappa shape index (κ1) is 12.3. The van der Waals surface area contributed by atoms with E-state index in [0.717, 1.165) is 12.1 Å². The molecule has 0 saturated heterocycles. The van der Waals surface area contributed by atoms with Crippen LogP contribution in [-0.2, 0) is 6.42 Å². The Balaban J connectivity index is 1.93. The van der Waals surface area contributed by atoms with Crippen molar-refractivity contribution in [2.45, 2.75) is 6.42 Å². The first-order chi connectivity index (χ1) is 11.9. The highest BCUT2D eigenvalue weighted by atomic mass is 15.0. The number of nitrogens with zero attached hydrogens (tertiary/aromatic N) is 2. The third kappa shape index (κ3) is 1.39. The van der Waals surface area contributed by atoms with Gasteiger partial charge in [0, 0.05) is 22.8 Å². The number of fused-ring (bicyclic) bond motifs is 10. The van der Waals surface area contributed by atoms with Gasteiger partial charge < -0.3 is 0 Å². The standard InChI is InChI=1S/C22H14N2/c1-2-8-15-14(7-1)13-19-21(15)24-20-12-6-5-10-17(20)16-9-3-4-11-18(16)22(24)23-19/h1-12H,13H2. The molecule has 2 nitrogen and oxygen atoms in total. The van der Waals surface area contributed by atoms with E-state index in [0.29, 0.717) is 0 Å². The molecule has 24 heavy (non-hydrogen) atoms. The maximum atomic E-state index is 5.05. The molecule has 0 N–H and O–H groups in total. The highest BCUT2D eigenvalue weighted by Gasteiger charge is 2.25. The van der Waals surface area contributed by atoms with E-state index in [1.165, 1.54) is 44.2 Å². The summed E-state index contributed by atoms with van der Waals surface area (Å²) in [6.07, 6.45) is 0.926. The van der Waals surface area contributed by atoms with Gasteiger partial charge in [-0.15, -0.1) is 0 Å². The molecule has 2 heterocycles. The predicted octanol–water partition coefficient (Wildman–Crippen LogP) is 5.21. The lowest BCUT2D eigenvalue weighted by Gasteiger charge is -2.10. The molecule has 6 rings (SSSR count). The van der Waals surface area contributed by atoms with Crippen LogP contribution in [0.4, 0.5) is 0 Å². The minimum Gasteiger partial charge on any atom is -0.291 e. The largest absolute Gasteiger partial charge is 0.291 e. The van der Waals surface area contributed by atoms with E-state index in [1.807, 2.05) is 0 Å². The Labute approximate surface area is 139 Å². The van der Waals surface area contributed by atoms with E-state index in [-0.39, 0.29) is 0 Å². The van der Waals surface area contributed by atoms with Crippen molar-refractivity contribution in [2.75, 3.05) is 0 Å². The lowest BCUT2D eigenvalue weighted by molar-refractivity contribution is 1.17. The highest BCUT2D eigenvalue weighted by molar-refractivity contribution is 6.12. The van der Waals surface area contributed by atoms with E-state index < -0.39 is 0 Å². The van der Waals surface area contributed by atoms with Crippen LogP contribution < -0.4 is 0 Å². The second-order valence-corrected chi connectivity index (χ2v) is 6.46. The van der Waals surface area contributed by atoms with Crippen molar-refractivity contribution in [1.29, 1.82) is 0 Å². The fourth-order valence-electron chi connectivity index (χ4n) is 4.18. The summed E-state index contributed by atoms with van der Waals surface area (Å²) in [7, 11) is 0. The Morgan fingerprint density at radius 1 is 0.708 bits per heavy atom. The molecule has 0 unspecified atom stereocenters. The molecule has 0 spiro atoms. The van der Waals surface area contributed by atoms with Gasteiger partial charge in [-0.25, -0.2) is 4.98 Å². The third-order valence-electron chi connectivity index (χ3n) is 5.18. The fourth-order valence-corrected chi connectivity index (χ4v) is 4.18. The minimum absolute atomic E-state index is 0.926. The molecule has 0 atom stereocenters. The van der Waals surface area contributed by atoms with Crippen molar-refractivity contribution < 1.29 is 0 Å². The zero-order chi connectivity index (χ0) is 15.7. The Morgan fingerprint density at radius 2 is 1.42 bits per heavy atom. The average molecular weight is 306 g/mol. The van der Waals surface area contributed by atoms with Crippen LogP contribution in [0.3, 0.4) is 0 Å². The van der Waals surface area contributed by atoms with Crippen LogP contribution in [0.2, 0.25) is 0 Å². The molecule has 0 bridgehead atoms. The van der Waals surface area contributed by atoms with Gasteiger partial charge in [-0.1, -0.05) is 66.7 Å². The van der Waals surface area contributed by atoms with Crippen LogP contribution >= 0.6 is 0 Å². The van der Waals surface area contributed by atoms with E-state index >= 15 is 0 Å². The van der Waals surface area contributed by atoms with Gasteiger partial charge in [0.25, 0.3) is 0 Å². The first-order valence-corrected chi connectivity index (χ1v) is 8.31. The number of imidazole rings is 1. The molecule has 112 valence electrons. The van der Waals surface area contributed by atoms with Gasteiger partial charge in [0.1, 0.15) is 5.65 Å². The Morgan fingerprint density at radius 3 is 2.33 bits per heavy atom. The van der Waals surface area contributed by atoms with Crippen LogP contribution in [0.25, 0.3) is 38.6 Å². The maximum absolute atomic E-state index is 5.05. The van der Waals surface area contributed by atoms with E-state index in [2.05, 4.69) is 77.2 Å². The topological polar surface area (TPSA) is 17.3 Å². The maximum Gasteiger partial charge on any atom is 0.145 e. The molecular formula is C22H14N2. The molecule has 2 aromatic heterocycles. The number of pyridine rings is 1. The number of hydrogen-bond acceptors (Lipinski definition) is 1. The molecule has 0 amide bonds. The summed E-state index contributed by atoms with van der Waals surface area (Å²) in [5, 5.41) is 3.78. The molecule has 2 heteroatoms. The fraction of sp³-hybridized carbons (Fsp3) is 0.0455. The van der Waals surface area contributed by atoms with Gasteiger partial charge in [0.15, 0.2) is 0 Å². The molecule has 3 aromatic carbocycles. The monoisotopic (exact) mass is 306 g/mol. The van der Waals surface area contributed by atoms with Gasteiger partial charge in [0.05, 0.1) is 16.9 Å². The van der Waals surface area contributed by atoms with E-state index in [1.54, 1.807) is 0 Å². The third-order valence-corrected chi connectivity index (χ3v) is 5.18. The minimum atomic E-state index is 0.926. The first-order valence-electron chi connectivity index (χ1n) is 8.31. The lowest BCUT2D eigenvalue weighted by atomic mass is 10.1. The molecule has 0 aliphatic heterocycles. The van der Waals surface area contributed by atoms with Crippen LogP contribution in [0.5, 0.6) is 0 Å². The van der Waals surface area contributed by atoms with Crippen LogP contribution in [-0.4, -0.2) is 9.38 Å². The number of benzene rings is 3. The predicted molar refractivity (Wildman–Crippen MR) is 98.4 cm³/mol. The van der Waals surface area contributed by atoms with Crippen molar-refractivity contribution in [3.05, 3.63) is 84.1 Å². The quantitative estimate of drug-likeness (QED) is 0.352. The van der Waals surface area contributed by atoms with Crippen molar-refractivity contribution in [1.82, 2.24) is 9.38 Å². The van der Waals surface area contributed by atoms with Gasteiger partial charge in [0.2, 0.25) is 0 Å². The number of aromatic nitrogens is 2. The van der Waals surface area contributed by atoms with Gasteiger partial charge >= 0.3 is 0 Å². The van der Waals surface area contributed by atoms with E-state index in [4.69, 9.17) is 4.98 Å². The normalized spacial score (nSPS) is 12.8. The second kappa shape index (κ2) is 4.24. The summed E-state index contributed by atoms with van der Waals surface area (Å²) in [4.78, 5) is 5.05. The molecule has 1 aliphatic rings. The highest BCUT2D eigenvalue weighted by Crippen LogP contribution is 2.40. The van der Waals surface area contributed by atoms with E-state index in [9.17, 15) is 0 Å². The summed E-state index contributed by atoms with van der Waals surface area (Å²) >= 11 is 0. The summed E-state index contributed by atoms with van der Waals surface area (Å²) in [6.45, 7) is 0.